The van der Waals surface area contributed by atoms with Gasteiger partial charge in [-0.15, -0.1) is 0 Å². The molecular weight excluding hydrogens is 270 g/mol. The Morgan fingerprint density at radius 2 is 1.57 bits per heavy atom. The molecule has 0 aromatic rings. The number of rotatable bonds is 3. The van der Waals surface area contributed by atoms with Crippen LogP contribution in [0.5, 0.6) is 0 Å². The van der Waals surface area contributed by atoms with E-state index in [4.69, 9.17) is 5.11 Å². The molecule has 0 aliphatic heterocycles. The van der Waals surface area contributed by atoms with Gasteiger partial charge in [-0.3, -0.25) is 4.79 Å². The molecule has 0 rings (SSSR count). The first-order valence-corrected chi connectivity index (χ1v) is 3.95. The van der Waals surface area contributed by atoms with Gasteiger partial charge in [0.25, 0.3) is 4.93 Å². The van der Waals surface area contributed by atoms with Gasteiger partial charge in [0.2, 0.25) is 0 Å². The minimum Gasteiger partial charge on any atom is -0.745 e. The second-order valence-corrected chi connectivity index (χ2v) is 3.44. The van der Waals surface area contributed by atoms with Crippen LogP contribution in [-0.4, -0.2) is 34.8 Å². The van der Waals surface area contributed by atoms with Crippen molar-refractivity contribution >= 4 is 21.9 Å². The first-order chi connectivity index (χ1) is 5.14. The minimum absolute atomic E-state index is 0. The normalized spacial score (nSPS) is 14.2. The molecule has 1 atom stereocenters. The van der Waals surface area contributed by atoms with Gasteiger partial charge in [0.05, 0.1) is 5.97 Å². The van der Waals surface area contributed by atoms with Crippen LogP contribution in [-0.2, 0) is 19.7 Å². The number of Topliss-reactive ketones (excluding diaryl/α,β-unsaturated/α-hetero) is 1. The third-order valence-corrected chi connectivity index (χ3v) is 2.29. The van der Waals surface area contributed by atoms with Gasteiger partial charge in [0, 0.05) is 0 Å². The Bertz CT molecular complexity index is 307. The Kier molecular flexibility index (Phi) is 11.7. The molecule has 0 bridgehead atoms. The second-order valence-electron chi connectivity index (χ2n) is 1.94. The van der Waals surface area contributed by atoms with Crippen LogP contribution in [0.2, 0.25) is 0 Å². The van der Waals surface area contributed by atoms with E-state index in [-0.39, 0.29) is 103 Å². The quantitative estimate of drug-likeness (QED) is 0.307. The molecule has 0 aromatic carbocycles. The van der Waals surface area contributed by atoms with E-state index in [1.165, 1.54) is 0 Å². The van der Waals surface area contributed by atoms with Gasteiger partial charge < -0.3 is 19.6 Å². The predicted octanol–water partition coefficient (Wildman–Crippen LogP) is -9.43. The Labute approximate surface area is 165 Å². The van der Waals surface area contributed by atoms with E-state index in [2.05, 4.69) is 0 Å². The van der Waals surface area contributed by atoms with Crippen LogP contribution in [0.4, 0.5) is 0 Å². The number of ketones is 1. The van der Waals surface area contributed by atoms with E-state index in [1.807, 2.05) is 0 Å². The largest absolute Gasteiger partial charge is 1.00 e. The van der Waals surface area contributed by atoms with Gasteiger partial charge in [-0.05, 0) is 6.92 Å². The first kappa shape index (κ1) is 21.6. The molecule has 0 aromatic heterocycles. The summed E-state index contributed by atoms with van der Waals surface area (Å²) < 4.78 is 30.3. The standard InChI is InChI=1S/C4H6O7S.2K/c1-2(5)4(8,3(6)7)12(9,10)11;;/h8H,1H3,(H,6,7)(H,9,10,11);;/q;2*+1/p-2. The van der Waals surface area contributed by atoms with Crippen LogP contribution in [0.3, 0.4) is 0 Å². The van der Waals surface area contributed by atoms with Crippen molar-refractivity contribution in [2.75, 3.05) is 0 Å². The van der Waals surface area contributed by atoms with Gasteiger partial charge in [-0.1, -0.05) is 0 Å². The fraction of sp³-hybridized carbons (Fsp3) is 0.500. The van der Waals surface area contributed by atoms with E-state index in [0.29, 0.717) is 6.92 Å². The van der Waals surface area contributed by atoms with E-state index < -0.39 is 26.8 Å². The van der Waals surface area contributed by atoms with Crippen LogP contribution >= 0.6 is 0 Å². The molecule has 10 heteroatoms. The topological polar surface area (TPSA) is 135 Å². The van der Waals surface area contributed by atoms with Crippen LogP contribution in [0.15, 0.2) is 0 Å². The summed E-state index contributed by atoms with van der Waals surface area (Å²) in [5, 5.41) is 18.5. The van der Waals surface area contributed by atoms with E-state index in [0.717, 1.165) is 0 Å². The van der Waals surface area contributed by atoms with Crippen molar-refractivity contribution in [3.8, 4) is 0 Å². The number of aliphatic hydroxyl groups is 1. The molecule has 0 spiro atoms. The van der Waals surface area contributed by atoms with Gasteiger partial charge in [-0.25, -0.2) is 8.42 Å². The Morgan fingerprint density at radius 3 is 1.57 bits per heavy atom. The number of carboxylic acids is 1. The fourth-order valence-electron chi connectivity index (χ4n) is 0.422. The molecule has 0 saturated heterocycles. The second kappa shape index (κ2) is 7.58. The summed E-state index contributed by atoms with van der Waals surface area (Å²) in [5.41, 5.74) is 0. The van der Waals surface area contributed by atoms with E-state index in [1.54, 1.807) is 0 Å². The number of aliphatic carboxylic acids is 1. The summed E-state index contributed by atoms with van der Waals surface area (Å²) in [6.07, 6.45) is 0. The molecule has 0 amide bonds. The summed E-state index contributed by atoms with van der Waals surface area (Å²) in [7, 11) is -5.67. The van der Waals surface area contributed by atoms with Gasteiger partial charge in [0.15, 0.2) is 5.78 Å². The molecule has 1 N–H and O–H groups in total. The maximum Gasteiger partial charge on any atom is 1.00 e. The average Bonchev–Trinajstić information content (AvgIpc) is 1.82. The third-order valence-electron chi connectivity index (χ3n) is 1.12. The Balaban J connectivity index is -0.000000605. The Morgan fingerprint density at radius 1 is 1.29 bits per heavy atom. The van der Waals surface area contributed by atoms with Crippen molar-refractivity contribution in [1.82, 2.24) is 0 Å². The molecule has 0 radical (unpaired) electrons. The van der Waals surface area contributed by atoms with Crippen molar-refractivity contribution in [3.63, 3.8) is 0 Å². The molecule has 7 nitrogen and oxygen atoms in total. The van der Waals surface area contributed by atoms with Crippen molar-refractivity contribution in [2.45, 2.75) is 11.9 Å². The summed E-state index contributed by atoms with van der Waals surface area (Å²) in [4.78, 5) is 16.3. The molecule has 0 aliphatic carbocycles. The van der Waals surface area contributed by atoms with Crippen LogP contribution in [0.25, 0.3) is 0 Å². The SMILES string of the molecule is CC(=O)C(O)(C(=O)[O-])S(=O)(=O)[O-].[K+].[K+]. The van der Waals surface area contributed by atoms with Gasteiger partial charge >= 0.3 is 103 Å². The molecule has 0 saturated carbocycles. The van der Waals surface area contributed by atoms with Crippen molar-refractivity contribution in [1.29, 1.82) is 0 Å². The van der Waals surface area contributed by atoms with Crippen molar-refractivity contribution in [2.24, 2.45) is 0 Å². The summed E-state index contributed by atoms with van der Waals surface area (Å²) >= 11 is 0. The summed E-state index contributed by atoms with van der Waals surface area (Å²) in [6.45, 7) is 0.450. The Hall–Kier alpha value is 2.28. The average molecular weight is 274 g/mol. The zero-order valence-electron chi connectivity index (χ0n) is 7.80. The van der Waals surface area contributed by atoms with Crippen molar-refractivity contribution < 1.29 is 136 Å². The molecule has 0 fully saturated rings. The van der Waals surface area contributed by atoms with E-state index in [9.17, 15) is 27.7 Å². The summed E-state index contributed by atoms with van der Waals surface area (Å²) in [6, 6.07) is 0. The van der Waals surface area contributed by atoms with E-state index >= 15 is 0 Å². The number of carbonyl (C=O) groups excluding carboxylic acids is 2. The number of hydrogen-bond donors (Lipinski definition) is 1. The molecule has 0 aliphatic rings. The maximum absolute atomic E-state index is 10.3. The minimum atomic E-state index is -5.67. The predicted molar refractivity (Wildman–Crippen MR) is 30.3 cm³/mol. The number of carboxylic acid groups (broad SMARTS) is 1. The van der Waals surface area contributed by atoms with Gasteiger partial charge in [0.1, 0.15) is 10.1 Å². The maximum atomic E-state index is 10.3. The number of carbonyl (C=O) groups is 2. The van der Waals surface area contributed by atoms with Crippen LogP contribution < -0.4 is 108 Å². The molecule has 70 valence electrons. The van der Waals surface area contributed by atoms with Crippen LogP contribution in [0, 0.1) is 0 Å². The summed E-state index contributed by atoms with van der Waals surface area (Å²) in [5.74, 6) is -4.36. The number of hydrogen-bond acceptors (Lipinski definition) is 7. The fourth-order valence-corrected chi connectivity index (χ4v) is 0.978. The molecule has 14 heavy (non-hydrogen) atoms. The van der Waals surface area contributed by atoms with Crippen LogP contribution in [0.1, 0.15) is 6.92 Å². The van der Waals surface area contributed by atoms with Crippen molar-refractivity contribution in [3.05, 3.63) is 0 Å². The third kappa shape index (κ3) is 4.65. The van der Waals surface area contributed by atoms with Gasteiger partial charge in [-0.2, -0.15) is 0 Å². The zero-order chi connectivity index (χ0) is 10.2. The zero-order valence-corrected chi connectivity index (χ0v) is 14.9. The molecular formula is C4H4K2O7S. The molecule has 0 heterocycles. The first-order valence-electron chi connectivity index (χ1n) is 2.54. The smallest absolute Gasteiger partial charge is 0.745 e. The molecule has 1 unspecified atom stereocenters. The monoisotopic (exact) mass is 274 g/mol.